The van der Waals surface area contributed by atoms with Gasteiger partial charge in [0.05, 0.1) is 19.3 Å². The normalized spacial score (nSPS) is 34.2. The number of hydrogen-bond donors (Lipinski definition) is 1. The Balaban J connectivity index is 2.31. The second-order valence-corrected chi connectivity index (χ2v) is 2.24. The molecule has 2 atom stereocenters. The summed E-state index contributed by atoms with van der Waals surface area (Å²) in [6.45, 7) is 0.708. The summed E-state index contributed by atoms with van der Waals surface area (Å²) in [4.78, 5) is 0. The summed E-state index contributed by atoms with van der Waals surface area (Å²) >= 11 is 0. The van der Waals surface area contributed by atoms with Gasteiger partial charge in [-0.1, -0.05) is 0 Å². The summed E-state index contributed by atoms with van der Waals surface area (Å²) in [5.41, 5.74) is 0. The van der Waals surface area contributed by atoms with Crippen molar-refractivity contribution in [2.45, 2.75) is 12.5 Å². The summed E-state index contributed by atoms with van der Waals surface area (Å²) in [7, 11) is 0. The van der Waals surface area contributed by atoms with Gasteiger partial charge in [0.1, 0.15) is 0 Å². The van der Waals surface area contributed by atoms with Crippen molar-refractivity contribution in [3.8, 4) is 12.3 Å². The zero-order valence-corrected chi connectivity index (χ0v) is 5.21. The number of hydrogen-bond acceptors (Lipinski definition) is 2. The van der Waals surface area contributed by atoms with Gasteiger partial charge in [0.2, 0.25) is 0 Å². The number of rotatable bonds is 1. The van der Waals surface area contributed by atoms with E-state index in [1.54, 1.807) is 0 Å². The second-order valence-electron chi connectivity index (χ2n) is 2.24. The van der Waals surface area contributed by atoms with Gasteiger partial charge < -0.3 is 9.84 Å². The third-order valence-corrected chi connectivity index (χ3v) is 1.52. The van der Waals surface area contributed by atoms with E-state index in [-0.39, 0.29) is 18.6 Å². The summed E-state index contributed by atoms with van der Waals surface area (Å²) in [6, 6.07) is 0. The van der Waals surface area contributed by atoms with Gasteiger partial charge in [-0.3, -0.25) is 0 Å². The molecule has 1 aliphatic heterocycles. The standard InChI is InChI=1S/C7H10O2/c1-2-6-3-7(4-8)9-5-6/h1,6-8H,3-5H2/t6-,7-/m0/s1. The van der Waals surface area contributed by atoms with Gasteiger partial charge in [0, 0.05) is 5.92 Å². The lowest BCUT2D eigenvalue weighted by Crippen LogP contribution is -2.09. The molecule has 0 amide bonds. The van der Waals surface area contributed by atoms with Crippen molar-refractivity contribution < 1.29 is 9.84 Å². The lowest BCUT2D eigenvalue weighted by atomic mass is 10.1. The van der Waals surface area contributed by atoms with Crippen molar-refractivity contribution in [3.05, 3.63) is 0 Å². The van der Waals surface area contributed by atoms with E-state index in [0.29, 0.717) is 6.61 Å². The Morgan fingerprint density at radius 2 is 2.56 bits per heavy atom. The average molecular weight is 126 g/mol. The molecule has 0 radical (unpaired) electrons. The van der Waals surface area contributed by atoms with Crippen molar-refractivity contribution in [3.63, 3.8) is 0 Å². The Morgan fingerprint density at radius 3 is 2.89 bits per heavy atom. The molecular weight excluding hydrogens is 116 g/mol. The molecule has 1 heterocycles. The molecule has 0 aromatic heterocycles. The van der Waals surface area contributed by atoms with Crippen LogP contribution in [0.2, 0.25) is 0 Å². The summed E-state index contributed by atoms with van der Waals surface area (Å²) in [6.07, 6.45) is 5.94. The number of terminal acetylenes is 1. The molecule has 0 aromatic rings. The Bertz CT molecular complexity index is 125. The van der Waals surface area contributed by atoms with Crippen LogP contribution in [0.15, 0.2) is 0 Å². The van der Waals surface area contributed by atoms with Crippen LogP contribution >= 0.6 is 0 Å². The molecule has 2 nitrogen and oxygen atoms in total. The Morgan fingerprint density at radius 1 is 1.78 bits per heavy atom. The van der Waals surface area contributed by atoms with Crippen molar-refractivity contribution in [2.75, 3.05) is 13.2 Å². The lowest BCUT2D eigenvalue weighted by Gasteiger charge is -2.00. The highest BCUT2D eigenvalue weighted by Gasteiger charge is 2.22. The number of aliphatic hydroxyl groups is 1. The van der Waals surface area contributed by atoms with Crippen LogP contribution in [0, 0.1) is 18.3 Å². The predicted molar refractivity (Wildman–Crippen MR) is 33.8 cm³/mol. The maximum absolute atomic E-state index is 8.59. The van der Waals surface area contributed by atoms with Crippen molar-refractivity contribution in [2.24, 2.45) is 5.92 Å². The first-order chi connectivity index (χ1) is 4.36. The fraction of sp³-hybridized carbons (Fsp3) is 0.714. The molecule has 0 spiro atoms. The Kier molecular flexibility index (Phi) is 2.10. The maximum atomic E-state index is 8.59. The topological polar surface area (TPSA) is 29.5 Å². The molecular formula is C7H10O2. The van der Waals surface area contributed by atoms with Crippen molar-refractivity contribution >= 4 is 0 Å². The third kappa shape index (κ3) is 1.44. The van der Waals surface area contributed by atoms with Crippen molar-refractivity contribution in [1.82, 2.24) is 0 Å². The van der Waals surface area contributed by atoms with Crippen LogP contribution in [0.3, 0.4) is 0 Å². The first kappa shape index (κ1) is 6.60. The number of ether oxygens (including phenoxy) is 1. The molecule has 1 N–H and O–H groups in total. The fourth-order valence-electron chi connectivity index (χ4n) is 0.949. The van der Waals surface area contributed by atoms with Crippen LogP contribution in [0.5, 0.6) is 0 Å². The van der Waals surface area contributed by atoms with Gasteiger partial charge >= 0.3 is 0 Å². The first-order valence-electron chi connectivity index (χ1n) is 3.05. The summed E-state index contributed by atoms with van der Waals surface area (Å²) in [5, 5.41) is 8.59. The van der Waals surface area contributed by atoms with E-state index in [1.807, 2.05) is 0 Å². The largest absolute Gasteiger partial charge is 0.394 e. The van der Waals surface area contributed by atoms with E-state index in [1.165, 1.54) is 0 Å². The van der Waals surface area contributed by atoms with E-state index in [4.69, 9.17) is 16.3 Å². The van der Waals surface area contributed by atoms with E-state index < -0.39 is 0 Å². The molecule has 0 unspecified atom stereocenters. The van der Waals surface area contributed by atoms with E-state index in [0.717, 1.165) is 6.42 Å². The molecule has 50 valence electrons. The highest BCUT2D eigenvalue weighted by molar-refractivity contribution is 4.96. The highest BCUT2D eigenvalue weighted by Crippen LogP contribution is 2.17. The van der Waals surface area contributed by atoms with Crippen LogP contribution < -0.4 is 0 Å². The quantitative estimate of drug-likeness (QED) is 0.502. The van der Waals surface area contributed by atoms with E-state index >= 15 is 0 Å². The SMILES string of the molecule is C#C[C@@H]1CO[C@H](CO)C1. The van der Waals surface area contributed by atoms with E-state index in [9.17, 15) is 0 Å². The molecule has 1 fully saturated rings. The monoisotopic (exact) mass is 126 g/mol. The molecule has 1 saturated heterocycles. The zero-order chi connectivity index (χ0) is 6.69. The number of aliphatic hydroxyl groups excluding tert-OH is 1. The Hall–Kier alpha value is -0.520. The summed E-state index contributed by atoms with van der Waals surface area (Å²) < 4.78 is 5.11. The Labute approximate surface area is 54.8 Å². The lowest BCUT2D eigenvalue weighted by molar-refractivity contribution is 0.0582. The fourth-order valence-corrected chi connectivity index (χ4v) is 0.949. The van der Waals surface area contributed by atoms with Crippen LogP contribution in [0.1, 0.15) is 6.42 Å². The van der Waals surface area contributed by atoms with Crippen molar-refractivity contribution in [1.29, 1.82) is 0 Å². The van der Waals surface area contributed by atoms with E-state index in [2.05, 4.69) is 5.92 Å². The van der Waals surface area contributed by atoms with Gasteiger partial charge in [-0.05, 0) is 6.42 Å². The molecule has 0 bridgehead atoms. The second kappa shape index (κ2) is 2.86. The minimum Gasteiger partial charge on any atom is -0.394 e. The summed E-state index contributed by atoms with van der Waals surface area (Å²) in [5.74, 6) is 2.82. The van der Waals surface area contributed by atoms with Gasteiger partial charge in [0.15, 0.2) is 0 Å². The molecule has 9 heavy (non-hydrogen) atoms. The smallest absolute Gasteiger partial charge is 0.0819 e. The van der Waals surface area contributed by atoms with Crippen LogP contribution in [0.25, 0.3) is 0 Å². The predicted octanol–water partition coefficient (Wildman–Crippen LogP) is 0.0170. The van der Waals surface area contributed by atoms with Crippen LogP contribution in [-0.4, -0.2) is 24.4 Å². The molecule has 2 heteroatoms. The maximum Gasteiger partial charge on any atom is 0.0819 e. The van der Waals surface area contributed by atoms with Crippen LogP contribution in [-0.2, 0) is 4.74 Å². The van der Waals surface area contributed by atoms with Gasteiger partial charge in [-0.15, -0.1) is 12.3 Å². The highest BCUT2D eigenvalue weighted by atomic mass is 16.5. The van der Waals surface area contributed by atoms with Gasteiger partial charge in [-0.25, -0.2) is 0 Å². The molecule has 0 aliphatic carbocycles. The molecule has 0 saturated carbocycles. The molecule has 0 aromatic carbocycles. The zero-order valence-electron chi connectivity index (χ0n) is 5.21. The van der Waals surface area contributed by atoms with Gasteiger partial charge in [-0.2, -0.15) is 0 Å². The van der Waals surface area contributed by atoms with Gasteiger partial charge in [0.25, 0.3) is 0 Å². The minimum atomic E-state index is -0.00829. The average Bonchev–Trinajstić information content (AvgIpc) is 2.34. The van der Waals surface area contributed by atoms with Crippen LogP contribution in [0.4, 0.5) is 0 Å². The molecule has 1 aliphatic rings. The minimum absolute atomic E-state index is 0.00829. The third-order valence-electron chi connectivity index (χ3n) is 1.52. The molecule has 1 rings (SSSR count). The first-order valence-corrected chi connectivity index (χ1v) is 3.05.